The Hall–Kier alpha value is 0.460. The van der Waals surface area contributed by atoms with E-state index in [4.69, 9.17) is 0 Å². The number of halogens is 7. The van der Waals surface area contributed by atoms with E-state index in [1.165, 1.54) is 0 Å². The quantitative estimate of drug-likeness (QED) is 0.560. The van der Waals surface area contributed by atoms with Crippen molar-refractivity contribution < 1.29 is 18.3 Å². The van der Waals surface area contributed by atoms with Crippen molar-refractivity contribution >= 4 is 60.2 Å². The Morgan fingerprint density at radius 3 is 2.26 bits per heavy atom. The van der Waals surface area contributed by atoms with E-state index in [2.05, 4.69) is 53.1 Å². The standard InChI is InChI=1S/C13H14Br3F3N2O.ClH/c14-7-5-8(15)12(22)11(16)10(7)9(6-13(17,18)19)21-3-1-20-2-4-21;/h5,9,20,22H,1-4,6H2;1H/t9-;/m1./s1. The molecule has 1 aliphatic rings. The molecule has 2 rings (SSSR count). The number of nitrogens with one attached hydrogen (secondary N) is 1. The van der Waals surface area contributed by atoms with E-state index < -0.39 is 18.6 Å². The van der Waals surface area contributed by atoms with Gasteiger partial charge in [-0.3, -0.25) is 4.90 Å². The SMILES string of the molecule is Cl.Oc1c(Br)cc(Br)c([C@@H](CC(F)(F)F)N2CCNCC2)c1Br. The van der Waals surface area contributed by atoms with Gasteiger partial charge in [0, 0.05) is 42.3 Å². The lowest BCUT2D eigenvalue weighted by Crippen LogP contribution is -2.46. The van der Waals surface area contributed by atoms with E-state index in [1.54, 1.807) is 11.0 Å². The highest BCUT2D eigenvalue weighted by molar-refractivity contribution is 9.11. The molecule has 0 unspecified atom stereocenters. The van der Waals surface area contributed by atoms with Gasteiger partial charge in [-0.25, -0.2) is 0 Å². The molecule has 23 heavy (non-hydrogen) atoms. The van der Waals surface area contributed by atoms with Crippen LogP contribution in [-0.2, 0) is 0 Å². The van der Waals surface area contributed by atoms with Crippen LogP contribution in [0.15, 0.2) is 19.5 Å². The number of phenolic OH excluding ortho intramolecular Hbond substituents is 1. The van der Waals surface area contributed by atoms with E-state index in [-0.39, 0.29) is 22.6 Å². The average Bonchev–Trinajstić information content (AvgIpc) is 2.43. The molecule has 1 heterocycles. The smallest absolute Gasteiger partial charge is 0.390 e. The molecule has 1 aromatic rings. The molecular weight excluding hydrogens is 532 g/mol. The van der Waals surface area contributed by atoms with Crippen LogP contribution in [-0.4, -0.2) is 42.4 Å². The maximum atomic E-state index is 13.0. The van der Waals surface area contributed by atoms with Gasteiger partial charge in [0.25, 0.3) is 0 Å². The first kappa shape index (κ1) is 21.5. The fourth-order valence-electron chi connectivity index (χ4n) is 2.53. The molecule has 0 radical (unpaired) electrons. The molecule has 0 spiro atoms. The van der Waals surface area contributed by atoms with Crippen molar-refractivity contribution in [2.75, 3.05) is 26.2 Å². The molecule has 3 nitrogen and oxygen atoms in total. The summed E-state index contributed by atoms with van der Waals surface area (Å²) in [7, 11) is 0. The van der Waals surface area contributed by atoms with Gasteiger partial charge in [-0.2, -0.15) is 13.2 Å². The van der Waals surface area contributed by atoms with E-state index in [9.17, 15) is 18.3 Å². The van der Waals surface area contributed by atoms with Crippen molar-refractivity contribution in [3.63, 3.8) is 0 Å². The minimum Gasteiger partial charge on any atom is -0.506 e. The number of piperazine rings is 1. The van der Waals surface area contributed by atoms with Gasteiger partial charge in [-0.05, 0) is 37.9 Å². The summed E-state index contributed by atoms with van der Waals surface area (Å²) in [4.78, 5) is 1.79. The lowest BCUT2D eigenvalue weighted by Gasteiger charge is -2.36. The second-order valence-corrected chi connectivity index (χ2v) is 7.54. The third kappa shape index (κ3) is 5.47. The largest absolute Gasteiger partial charge is 0.506 e. The summed E-state index contributed by atoms with van der Waals surface area (Å²) in [6.45, 7) is 2.34. The lowest BCUT2D eigenvalue weighted by atomic mass is 10.0. The molecule has 1 aromatic carbocycles. The van der Waals surface area contributed by atoms with Crippen molar-refractivity contribution in [3.8, 4) is 5.75 Å². The number of aromatic hydroxyl groups is 1. The summed E-state index contributed by atoms with van der Waals surface area (Å²) in [5.41, 5.74) is 0.417. The van der Waals surface area contributed by atoms with Crippen LogP contribution in [0.1, 0.15) is 18.0 Å². The molecule has 132 valence electrons. The number of benzene rings is 1. The number of nitrogens with zero attached hydrogens (tertiary/aromatic N) is 1. The lowest BCUT2D eigenvalue weighted by molar-refractivity contribution is -0.148. The van der Waals surface area contributed by atoms with Gasteiger partial charge in [0.1, 0.15) is 5.75 Å². The number of phenols is 1. The van der Waals surface area contributed by atoms with E-state index in [0.717, 1.165) is 0 Å². The minimum absolute atomic E-state index is 0. The van der Waals surface area contributed by atoms with Crippen molar-refractivity contribution in [1.29, 1.82) is 0 Å². The van der Waals surface area contributed by atoms with Gasteiger partial charge >= 0.3 is 6.18 Å². The van der Waals surface area contributed by atoms with Gasteiger partial charge in [-0.15, -0.1) is 12.4 Å². The highest BCUT2D eigenvalue weighted by Gasteiger charge is 2.38. The molecule has 10 heteroatoms. The number of hydrogen-bond acceptors (Lipinski definition) is 3. The fraction of sp³-hybridized carbons (Fsp3) is 0.538. The van der Waals surface area contributed by atoms with Crippen LogP contribution in [0, 0.1) is 0 Å². The third-order valence-corrected chi connectivity index (χ3v) is 5.60. The predicted molar refractivity (Wildman–Crippen MR) is 96.3 cm³/mol. The summed E-state index contributed by atoms with van der Waals surface area (Å²) in [5, 5.41) is 13.2. The summed E-state index contributed by atoms with van der Waals surface area (Å²) in [6.07, 6.45) is -5.26. The Balaban J connectivity index is 0.00000264. The van der Waals surface area contributed by atoms with Crippen molar-refractivity contribution in [1.82, 2.24) is 10.2 Å². The third-order valence-electron chi connectivity index (χ3n) is 3.53. The Bertz CT molecular complexity index is 554. The summed E-state index contributed by atoms with van der Waals surface area (Å²) >= 11 is 9.74. The second-order valence-electron chi connectivity index (χ2n) is 5.04. The first-order valence-corrected chi connectivity index (χ1v) is 8.96. The fourth-order valence-corrected chi connectivity index (χ4v) is 5.18. The predicted octanol–water partition coefficient (Wildman–Crippen LogP) is 5.00. The van der Waals surface area contributed by atoms with Crippen molar-refractivity contribution in [3.05, 3.63) is 25.0 Å². The molecule has 0 aromatic heterocycles. The topological polar surface area (TPSA) is 35.5 Å². The number of rotatable bonds is 3. The highest BCUT2D eigenvalue weighted by atomic mass is 79.9. The van der Waals surface area contributed by atoms with Crippen LogP contribution in [0.5, 0.6) is 5.75 Å². The van der Waals surface area contributed by atoms with E-state index >= 15 is 0 Å². The molecule has 0 aliphatic carbocycles. The van der Waals surface area contributed by atoms with Gasteiger partial charge in [0.05, 0.1) is 15.4 Å². The molecule has 0 amide bonds. The van der Waals surface area contributed by atoms with Gasteiger partial charge in [-0.1, -0.05) is 15.9 Å². The highest BCUT2D eigenvalue weighted by Crippen LogP contribution is 2.46. The molecule has 2 N–H and O–H groups in total. The zero-order valence-corrected chi connectivity index (χ0v) is 17.3. The zero-order valence-electron chi connectivity index (χ0n) is 11.8. The van der Waals surface area contributed by atoms with E-state index in [1.807, 2.05) is 0 Å². The Labute approximate surface area is 163 Å². The van der Waals surface area contributed by atoms with Crippen LogP contribution >= 0.6 is 60.2 Å². The minimum atomic E-state index is -4.29. The Kier molecular flexibility index (Phi) is 8.14. The zero-order chi connectivity index (χ0) is 16.5. The summed E-state index contributed by atoms with van der Waals surface area (Å²) in [6, 6.07) is 0.714. The number of alkyl halides is 3. The van der Waals surface area contributed by atoms with Crippen LogP contribution in [0.4, 0.5) is 13.2 Å². The van der Waals surface area contributed by atoms with Gasteiger partial charge in [0.15, 0.2) is 0 Å². The Morgan fingerprint density at radius 1 is 1.17 bits per heavy atom. The first-order valence-electron chi connectivity index (χ1n) is 6.58. The van der Waals surface area contributed by atoms with Gasteiger partial charge < -0.3 is 10.4 Å². The molecule has 1 aliphatic heterocycles. The molecule has 1 atom stereocenters. The molecule has 0 saturated carbocycles. The second kappa shape index (κ2) is 8.71. The van der Waals surface area contributed by atoms with Crippen LogP contribution in [0.2, 0.25) is 0 Å². The van der Waals surface area contributed by atoms with Crippen LogP contribution < -0.4 is 5.32 Å². The van der Waals surface area contributed by atoms with Crippen LogP contribution in [0.3, 0.4) is 0 Å². The summed E-state index contributed by atoms with van der Waals surface area (Å²) in [5.74, 6) is -0.0968. The monoisotopic (exact) mass is 544 g/mol. The molecule has 0 bridgehead atoms. The van der Waals surface area contributed by atoms with Crippen molar-refractivity contribution in [2.24, 2.45) is 0 Å². The first-order chi connectivity index (χ1) is 10.2. The molecule has 1 saturated heterocycles. The summed E-state index contributed by atoms with van der Waals surface area (Å²) < 4.78 is 40.4. The Morgan fingerprint density at radius 2 is 1.74 bits per heavy atom. The van der Waals surface area contributed by atoms with E-state index in [0.29, 0.717) is 40.7 Å². The normalized spacial score (nSPS) is 17.7. The van der Waals surface area contributed by atoms with Crippen molar-refractivity contribution in [2.45, 2.75) is 18.6 Å². The number of hydrogen-bond donors (Lipinski definition) is 2. The maximum Gasteiger partial charge on any atom is 0.390 e. The van der Waals surface area contributed by atoms with Crippen LogP contribution in [0.25, 0.3) is 0 Å². The average molecular weight is 547 g/mol. The maximum absolute atomic E-state index is 13.0. The molecular formula is C13H15Br3ClF3N2O. The molecule has 1 fully saturated rings. The van der Waals surface area contributed by atoms with Gasteiger partial charge in [0.2, 0.25) is 0 Å².